The van der Waals surface area contributed by atoms with E-state index in [1.807, 2.05) is 6.92 Å². The molecule has 1 fully saturated rings. The molecule has 4 N–H and O–H groups in total. The van der Waals surface area contributed by atoms with Crippen molar-refractivity contribution in [1.82, 2.24) is 5.32 Å². The Morgan fingerprint density at radius 2 is 2.28 bits per heavy atom. The van der Waals surface area contributed by atoms with E-state index < -0.39 is 0 Å². The van der Waals surface area contributed by atoms with Crippen molar-refractivity contribution >= 4 is 11.6 Å². The zero-order chi connectivity index (χ0) is 13.1. The number of aryl methyl sites for hydroxylation is 1. The van der Waals surface area contributed by atoms with Gasteiger partial charge in [-0.05, 0) is 43.5 Å². The third-order valence-electron chi connectivity index (χ3n) is 3.68. The van der Waals surface area contributed by atoms with Gasteiger partial charge in [0.05, 0.1) is 6.10 Å². The van der Waals surface area contributed by atoms with Crippen molar-refractivity contribution in [3.05, 3.63) is 29.3 Å². The molecule has 1 saturated carbocycles. The molecule has 1 aromatic rings. The number of hydrogen-bond acceptors (Lipinski definition) is 3. The summed E-state index contributed by atoms with van der Waals surface area (Å²) in [6.07, 6.45) is 2.62. The molecule has 1 aliphatic rings. The molecular weight excluding hydrogens is 228 g/mol. The van der Waals surface area contributed by atoms with E-state index in [0.717, 1.165) is 24.8 Å². The van der Waals surface area contributed by atoms with E-state index in [1.165, 1.54) is 0 Å². The maximum Gasteiger partial charge on any atom is 0.251 e. The molecule has 2 unspecified atom stereocenters. The fraction of sp³-hybridized carbons (Fsp3) is 0.500. The second-order valence-corrected chi connectivity index (χ2v) is 5.04. The molecule has 2 atom stereocenters. The molecule has 1 amide bonds. The summed E-state index contributed by atoms with van der Waals surface area (Å²) in [7, 11) is 0. The Balaban J connectivity index is 1.93. The number of nitrogen functional groups attached to an aromatic ring is 1. The first kappa shape index (κ1) is 12.9. The second kappa shape index (κ2) is 5.40. The number of hydrogen-bond donors (Lipinski definition) is 3. The molecule has 0 saturated heterocycles. The Bertz CT molecular complexity index is 445. The number of benzene rings is 1. The zero-order valence-electron chi connectivity index (χ0n) is 10.6. The Morgan fingerprint density at radius 1 is 1.50 bits per heavy atom. The van der Waals surface area contributed by atoms with Crippen LogP contribution < -0.4 is 11.1 Å². The quantitative estimate of drug-likeness (QED) is 0.709. The van der Waals surface area contributed by atoms with Gasteiger partial charge in [0.1, 0.15) is 0 Å². The van der Waals surface area contributed by atoms with E-state index in [0.29, 0.717) is 17.8 Å². The van der Waals surface area contributed by atoms with E-state index in [1.54, 1.807) is 18.2 Å². The van der Waals surface area contributed by atoms with E-state index in [-0.39, 0.29) is 17.9 Å². The highest BCUT2D eigenvalue weighted by molar-refractivity contribution is 5.94. The number of nitrogens with one attached hydrogen (secondary N) is 1. The number of anilines is 1. The van der Waals surface area contributed by atoms with Crippen LogP contribution in [0.4, 0.5) is 5.69 Å². The van der Waals surface area contributed by atoms with E-state index in [4.69, 9.17) is 5.73 Å². The van der Waals surface area contributed by atoms with Gasteiger partial charge in [-0.3, -0.25) is 4.79 Å². The minimum Gasteiger partial charge on any atom is -0.399 e. The molecule has 4 nitrogen and oxygen atoms in total. The Labute approximate surface area is 107 Å². The van der Waals surface area contributed by atoms with Crippen LogP contribution >= 0.6 is 0 Å². The predicted molar refractivity (Wildman–Crippen MR) is 71.3 cm³/mol. The summed E-state index contributed by atoms with van der Waals surface area (Å²) in [5.41, 5.74) is 7.93. The molecule has 0 aromatic heterocycles. The molecule has 0 aliphatic heterocycles. The summed E-state index contributed by atoms with van der Waals surface area (Å²) in [5, 5.41) is 12.6. The van der Waals surface area contributed by atoms with Crippen LogP contribution in [0.5, 0.6) is 0 Å². The lowest BCUT2D eigenvalue weighted by atomic mass is 10.1. The number of nitrogens with two attached hydrogens (primary N) is 1. The monoisotopic (exact) mass is 248 g/mol. The Hall–Kier alpha value is -1.55. The molecule has 0 heterocycles. The van der Waals surface area contributed by atoms with Crippen LogP contribution in [0.15, 0.2) is 18.2 Å². The molecule has 0 bridgehead atoms. The summed E-state index contributed by atoms with van der Waals surface area (Å²) in [6.45, 7) is 2.43. The topological polar surface area (TPSA) is 75.3 Å². The van der Waals surface area contributed by atoms with Gasteiger partial charge < -0.3 is 16.2 Å². The fourth-order valence-corrected chi connectivity index (χ4v) is 2.40. The average Bonchev–Trinajstić information content (AvgIpc) is 2.75. The Kier molecular flexibility index (Phi) is 3.87. The molecule has 98 valence electrons. The van der Waals surface area contributed by atoms with Gasteiger partial charge >= 0.3 is 0 Å². The highest BCUT2D eigenvalue weighted by Crippen LogP contribution is 2.24. The predicted octanol–water partition coefficient (Wildman–Crippen LogP) is 1.47. The van der Waals surface area contributed by atoms with E-state index >= 15 is 0 Å². The number of carbonyl (C=O) groups excluding carboxylic acids is 1. The van der Waals surface area contributed by atoms with Gasteiger partial charge in [0.25, 0.3) is 5.91 Å². The van der Waals surface area contributed by atoms with Gasteiger partial charge in [-0.1, -0.05) is 6.42 Å². The normalized spacial score (nSPS) is 23.0. The first-order chi connectivity index (χ1) is 8.58. The van der Waals surface area contributed by atoms with Crippen LogP contribution in [0.2, 0.25) is 0 Å². The second-order valence-electron chi connectivity index (χ2n) is 5.04. The highest BCUT2D eigenvalue weighted by atomic mass is 16.3. The first-order valence-corrected chi connectivity index (χ1v) is 6.40. The number of rotatable bonds is 3. The minimum absolute atomic E-state index is 0.0998. The van der Waals surface area contributed by atoms with Gasteiger partial charge in [0.2, 0.25) is 0 Å². The molecule has 4 heteroatoms. The molecule has 0 radical (unpaired) electrons. The fourth-order valence-electron chi connectivity index (χ4n) is 2.40. The van der Waals surface area contributed by atoms with Crippen molar-refractivity contribution < 1.29 is 9.90 Å². The van der Waals surface area contributed by atoms with Crippen LogP contribution in [0.1, 0.15) is 35.2 Å². The lowest BCUT2D eigenvalue weighted by Crippen LogP contribution is -2.32. The molecule has 2 rings (SSSR count). The lowest BCUT2D eigenvalue weighted by molar-refractivity contribution is 0.0917. The van der Waals surface area contributed by atoms with Crippen LogP contribution in [-0.4, -0.2) is 23.7 Å². The maximum absolute atomic E-state index is 11.9. The summed E-state index contributed by atoms with van der Waals surface area (Å²) < 4.78 is 0. The molecule has 18 heavy (non-hydrogen) atoms. The van der Waals surface area contributed by atoms with E-state index in [2.05, 4.69) is 5.32 Å². The standard InChI is InChI=1S/C14H20N2O2/c1-9-7-10(5-6-12(9)15)14(18)16-8-11-3-2-4-13(11)17/h5-7,11,13,17H,2-4,8,15H2,1H3,(H,16,18). The largest absolute Gasteiger partial charge is 0.399 e. The third-order valence-corrected chi connectivity index (χ3v) is 3.68. The van der Waals surface area contributed by atoms with Gasteiger partial charge in [-0.2, -0.15) is 0 Å². The number of aliphatic hydroxyl groups excluding tert-OH is 1. The molecule has 0 spiro atoms. The van der Waals surface area contributed by atoms with Crippen LogP contribution in [0, 0.1) is 12.8 Å². The molecular formula is C14H20N2O2. The SMILES string of the molecule is Cc1cc(C(=O)NCC2CCCC2O)ccc1N. The number of carbonyl (C=O) groups is 1. The van der Waals surface area contributed by atoms with Crippen molar-refractivity contribution in [1.29, 1.82) is 0 Å². The van der Waals surface area contributed by atoms with Crippen molar-refractivity contribution in [2.45, 2.75) is 32.3 Å². The van der Waals surface area contributed by atoms with Crippen molar-refractivity contribution in [2.75, 3.05) is 12.3 Å². The number of amides is 1. The van der Waals surface area contributed by atoms with Crippen LogP contribution in [-0.2, 0) is 0 Å². The number of aliphatic hydroxyl groups is 1. The first-order valence-electron chi connectivity index (χ1n) is 6.40. The maximum atomic E-state index is 11.9. The summed E-state index contributed by atoms with van der Waals surface area (Å²) >= 11 is 0. The van der Waals surface area contributed by atoms with Crippen LogP contribution in [0.3, 0.4) is 0 Å². The van der Waals surface area contributed by atoms with Gasteiger partial charge in [-0.15, -0.1) is 0 Å². The summed E-state index contributed by atoms with van der Waals surface area (Å²) in [5.74, 6) is 0.0982. The van der Waals surface area contributed by atoms with Gasteiger partial charge in [-0.25, -0.2) is 0 Å². The summed E-state index contributed by atoms with van der Waals surface area (Å²) in [6, 6.07) is 5.26. The summed E-state index contributed by atoms with van der Waals surface area (Å²) in [4.78, 5) is 11.9. The zero-order valence-corrected chi connectivity index (χ0v) is 10.6. The van der Waals surface area contributed by atoms with Gasteiger partial charge in [0.15, 0.2) is 0 Å². The van der Waals surface area contributed by atoms with Crippen molar-refractivity contribution in [3.8, 4) is 0 Å². The molecule has 1 aromatic carbocycles. The van der Waals surface area contributed by atoms with E-state index in [9.17, 15) is 9.90 Å². The third kappa shape index (κ3) is 2.82. The highest BCUT2D eigenvalue weighted by Gasteiger charge is 2.25. The lowest BCUT2D eigenvalue weighted by Gasteiger charge is -2.15. The smallest absolute Gasteiger partial charge is 0.251 e. The van der Waals surface area contributed by atoms with Crippen molar-refractivity contribution in [3.63, 3.8) is 0 Å². The van der Waals surface area contributed by atoms with Gasteiger partial charge in [0, 0.05) is 23.7 Å². The Morgan fingerprint density at radius 3 is 2.89 bits per heavy atom. The molecule has 1 aliphatic carbocycles. The minimum atomic E-state index is -0.265. The van der Waals surface area contributed by atoms with Crippen LogP contribution in [0.25, 0.3) is 0 Å². The average molecular weight is 248 g/mol. The van der Waals surface area contributed by atoms with Crippen molar-refractivity contribution in [2.24, 2.45) is 5.92 Å².